The maximum atomic E-state index is 10.4. The SMILES string of the molecule is CC(C)(C)c1[c]ncc([N+](=O)[O-])c1. The van der Waals surface area contributed by atoms with Crippen LogP contribution in [0.25, 0.3) is 0 Å². The predicted molar refractivity (Wildman–Crippen MR) is 48.4 cm³/mol. The molecule has 0 atom stereocenters. The molecule has 0 aliphatic heterocycles. The van der Waals surface area contributed by atoms with Gasteiger partial charge in [0.1, 0.15) is 6.20 Å². The van der Waals surface area contributed by atoms with Crippen molar-refractivity contribution < 1.29 is 4.92 Å². The van der Waals surface area contributed by atoms with Crippen LogP contribution in [0.5, 0.6) is 0 Å². The van der Waals surface area contributed by atoms with Crippen LogP contribution in [0.4, 0.5) is 5.69 Å². The molecular formula is C9H11N2O2. The summed E-state index contributed by atoms with van der Waals surface area (Å²) in [6.45, 7) is 5.89. The first kappa shape index (κ1) is 9.64. The summed E-state index contributed by atoms with van der Waals surface area (Å²) < 4.78 is 0. The van der Waals surface area contributed by atoms with Crippen LogP contribution < -0.4 is 0 Å². The molecule has 0 spiro atoms. The maximum Gasteiger partial charge on any atom is 0.287 e. The molecule has 1 rings (SSSR count). The largest absolute Gasteiger partial charge is 0.287 e. The molecule has 0 aromatic carbocycles. The van der Waals surface area contributed by atoms with Gasteiger partial charge in [-0.3, -0.25) is 10.1 Å². The van der Waals surface area contributed by atoms with E-state index in [1.807, 2.05) is 20.8 Å². The lowest BCUT2D eigenvalue weighted by Crippen LogP contribution is -2.12. The van der Waals surface area contributed by atoms with E-state index < -0.39 is 4.92 Å². The number of hydrogen-bond acceptors (Lipinski definition) is 3. The first-order valence-electron chi connectivity index (χ1n) is 3.94. The second-order valence-corrected chi connectivity index (χ2v) is 3.86. The second kappa shape index (κ2) is 3.12. The van der Waals surface area contributed by atoms with E-state index in [1.165, 1.54) is 12.3 Å². The molecule has 0 aliphatic rings. The van der Waals surface area contributed by atoms with Crippen LogP contribution >= 0.6 is 0 Å². The molecule has 1 radical (unpaired) electrons. The fourth-order valence-corrected chi connectivity index (χ4v) is 0.869. The molecular weight excluding hydrogens is 168 g/mol. The number of nitro groups is 1. The van der Waals surface area contributed by atoms with Gasteiger partial charge in [0.05, 0.1) is 11.1 Å². The van der Waals surface area contributed by atoms with E-state index in [0.29, 0.717) is 0 Å². The summed E-state index contributed by atoms with van der Waals surface area (Å²) in [6, 6.07) is 1.51. The van der Waals surface area contributed by atoms with E-state index >= 15 is 0 Å². The smallest absolute Gasteiger partial charge is 0.258 e. The van der Waals surface area contributed by atoms with E-state index in [9.17, 15) is 10.1 Å². The first-order valence-corrected chi connectivity index (χ1v) is 3.94. The molecule has 1 aromatic rings. The molecule has 4 nitrogen and oxygen atoms in total. The van der Waals surface area contributed by atoms with Crippen molar-refractivity contribution in [1.29, 1.82) is 0 Å². The molecule has 1 aromatic heterocycles. The van der Waals surface area contributed by atoms with Crippen molar-refractivity contribution in [1.82, 2.24) is 4.98 Å². The Balaban J connectivity index is 3.13. The zero-order valence-electron chi connectivity index (χ0n) is 7.87. The monoisotopic (exact) mass is 179 g/mol. The minimum atomic E-state index is -0.448. The van der Waals surface area contributed by atoms with Crippen molar-refractivity contribution >= 4 is 5.69 Å². The minimum absolute atomic E-state index is 0.0173. The Kier molecular flexibility index (Phi) is 2.32. The molecule has 13 heavy (non-hydrogen) atoms. The average molecular weight is 179 g/mol. The number of aromatic nitrogens is 1. The molecule has 69 valence electrons. The van der Waals surface area contributed by atoms with Crippen molar-refractivity contribution in [3.8, 4) is 0 Å². The van der Waals surface area contributed by atoms with E-state index in [1.54, 1.807) is 0 Å². The van der Waals surface area contributed by atoms with Crippen molar-refractivity contribution in [3.63, 3.8) is 0 Å². The third kappa shape index (κ3) is 2.24. The van der Waals surface area contributed by atoms with Gasteiger partial charge in [-0.25, -0.2) is 4.98 Å². The highest BCUT2D eigenvalue weighted by Gasteiger charge is 2.17. The van der Waals surface area contributed by atoms with Crippen LogP contribution in [-0.4, -0.2) is 9.91 Å². The molecule has 0 bridgehead atoms. The number of hydrogen-bond donors (Lipinski definition) is 0. The van der Waals surface area contributed by atoms with Crippen LogP contribution in [0.1, 0.15) is 26.3 Å². The maximum absolute atomic E-state index is 10.4. The van der Waals surface area contributed by atoms with Crippen LogP contribution in [0.3, 0.4) is 0 Å². The third-order valence-corrected chi connectivity index (χ3v) is 1.69. The van der Waals surface area contributed by atoms with Crippen molar-refractivity contribution in [3.05, 3.63) is 34.1 Å². The fourth-order valence-electron chi connectivity index (χ4n) is 0.869. The molecule has 0 saturated carbocycles. The Morgan fingerprint density at radius 1 is 1.54 bits per heavy atom. The van der Waals surface area contributed by atoms with Crippen LogP contribution in [0.2, 0.25) is 0 Å². The van der Waals surface area contributed by atoms with Gasteiger partial charge in [-0.05, 0) is 11.0 Å². The van der Waals surface area contributed by atoms with Gasteiger partial charge in [-0.1, -0.05) is 20.8 Å². The topological polar surface area (TPSA) is 56.0 Å². The van der Waals surface area contributed by atoms with Crippen LogP contribution in [0.15, 0.2) is 12.3 Å². The van der Waals surface area contributed by atoms with Gasteiger partial charge < -0.3 is 0 Å². The number of nitrogens with zero attached hydrogens (tertiary/aromatic N) is 2. The first-order chi connectivity index (χ1) is 5.91. The zero-order valence-corrected chi connectivity index (χ0v) is 7.87. The second-order valence-electron chi connectivity index (χ2n) is 3.86. The Morgan fingerprint density at radius 2 is 2.15 bits per heavy atom. The lowest BCUT2D eigenvalue weighted by Gasteiger charge is -2.16. The average Bonchev–Trinajstić information content (AvgIpc) is 2.03. The highest BCUT2D eigenvalue weighted by Crippen LogP contribution is 2.23. The Bertz CT molecular complexity index is 329. The quantitative estimate of drug-likeness (QED) is 0.490. The molecule has 1 heterocycles. The summed E-state index contributed by atoms with van der Waals surface area (Å²) in [4.78, 5) is 13.7. The summed E-state index contributed by atoms with van der Waals surface area (Å²) in [5.74, 6) is 0. The van der Waals surface area contributed by atoms with Gasteiger partial charge >= 0.3 is 0 Å². The summed E-state index contributed by atoms with van der Waals surface area (Å²) in [5.41, 5.74) is 0.615. The Morgan fingerprint density at radius 3 is 2.62 bits per heavy atom. The molecule has 0 aliphatic carbocycles. The zero-order chi connectivity index (χ0) is 10.1. The lowest BCUT2D eigenvalue weighted by atomic mass is 9.88. The molecule has 0 N–H and O–H groups in total. The van der Waals surface area contributed by atoms with Gasteiger partial charge in [-0.15, -0.1) is 0 Å². The number of rotatable bonds is 1. The van der Waals surface area contributed by atoms with E-state index in [0.717, 1.165) is 5.56 Å². The van der Waals surface area contributed by atoms with Crippen molar-refractivity contribution in [2.45, 2.75) is 26.2 Å². The normalized spacial score (nSPS) is 11.3. The van der Waals surface area contributed by atoms with E-state index in [2.05, 4.69) is 11.2 Å². The minimum Gasteiger partial charge on any atom is -0.258 e. The van der Waals surface area contributed by atoms with Gasteiger partial charge in [0, 0.05) is 6.07 Å². The summed E-state index contributed by atoms with van der Waals surface area (Å²) >= 11 is 0. The highest BCUT2D eigenvalue weighted by molar-refractivity contribution is 5.32. The van der Waals surface area contributed by atoms with Crippen LogP contribution in [0, 0.1) is 16.3 Å². The Hall–Kier alpha value is -1.45. The number of pyridine rings is 1. The van der Waals surface area contributed by atoms with Gasteiger partial charge in [0.2, 0.25) is 0 Å². The van der Waals surface area contributed by atoms with Crippen LogP contribution in [-0.2, 0) is 5.41 Å². The fraction of sp³-hybridized carbons (Fsp3) is 0.444. The third-order valence-electron chi connectivity index (χ3n) is 1.69. The van der Waals surface area contributed by atoms with Crippen molar-refractivity contribution in [2.75, 3.05) is 0 Å². The lowest BCUT2D eigenvalue weighted by molar-refractivity contribution is -0.385. The van der Waals surface area contributed by atoms with Crippen molar-refractivity contribution in [2.24, 2.45) is 0 Å². The Labute approximate surface area is 76.8 Å². The molecule has 0 fully saturated rings. The molecule has 0 unspecified atom stereocenters. The molecule has 4 heteroatoms. The summed E-state index contributed by atoms with van der Waals surface area (Å²) in [7, 11) is 0. The summed E-state index contributed by atoms with van der Waals surface area (Å²) in [5, 5.41) is 10.4. The standard InChI is InChI=1S/C9H11N2O2/c1-9(2,3)7-4-8(11(12)13)6-10-5-7/h4,6H,1-3H3. The summed E-state index contributed by atoms with van der Waals surface area (Å²) in [6.07, 6.45) is 3.95. The predicted octanol–water partition coefficient (Wildman–Crippen LogP) is 2.09. The van der Waals surface area contributed by atoms with Gasteiger partial charge in [-0.2, -0.15) is 0 Å². The molecule has 0 saturated heterocycles. The van der Waals surface area contributed by atoms with E-state index in [-0.39, 0.29) is 11.1 Å². The van der Waals surface area contributed by atoms with E-state index in [4.69, 9.17) is 0 Å². The van der Waals surface area contributed by atoms with Gasteiger partial charge in [0.25, 0.3) is 5.69 Å². The van der Waals surface area contributed by atoms with Gasteiger partial charge in [0.15, 0.2) is 0 Å². The highest BCUT2D eigenvalue weighted by atomic mass is 16.6. The molecule has 0 amide bonds.